The highest BCUT2D eigenvalue weighted by molar-refractivity contribution is 8.14. The van der Waals surface area contributed by atoms with Crippen LogP contribution in [0.4, 0.5) is 0 Å². The maximum atomic E-state index is 9.99. The monoisotopic (exact) mass is 262 g/mol. The van der Waals surface area contributed by atoms with Crippen LogP contribution in [-0.2, 0) is 4.74 Å². The van der Waals surface area contributed by atoms with Gasteiger partial charge in [-0.3, -0.25) is 4.99 Å². The highest BCUT2D eigenvalue weighted by atomic mass is 32.2. The van der Waals surface area contributed by atoms with Crippen LogP contribution in [-0.4, -0.2) is 63.4 Å². The first-order chi connectivity index (χ1) is 8.17. The molecule has 0 spiro atoms. The molecule has 0 aromatic carbocycles. The average Bonchev–Trinajstić information content (AvgIpc) is 2.69. The molecule has 2 aliphatic rings. The third-order valence-corrected chi connectivity index (χ3v) is 4.04. The second-order valence-corrected chi connectivity index (χ2v) is 5.19. The van der Waals surface area contributed by atoms with Gasteiger partial charge in [-0.25, -0.2) is 0 Å². The van der Waals surface area contributed by atoms with Gasteiger partial charge in [0, 0.05) is 13.2 Å². The number of thioether (sulfide) groups is 1. The van der Waals surface area contributed by atoms with Gasteiger partial charge in [0.05, 0.1) is 12.1 Å². The summed E-state index contributed by atoms with van der Waals surface area (Å²) in [4.78, 5) is 4.22. The molecule has 0 amide bonds. The van der Waals surface area contributed by atoms with Crippen molar-refractivity contribution in [1.82, 2.24) is 5.32 Å². The molecule has 2 aliphatic heterocycles. The van der Waals surface area contributed by atoms with E-state index in [0.29, 0.717) is 13.0 Å². The van der Waals surface area contributed by atoms with Gasteiger partial charge in [0.25, 0.3) is 0 Å². The van der Waals surface area contributed by atoms with E-state index >= 15 is 0 Å². The fourth-order valence-corrected chi connectivity index (χ4v) is 3.27. The van der Waals surface area contributed by atoms with Crippen molar-refractivity contribution in [2.24, 2.45) is 4.99 Å². The second kappa shape index (κ2) is 5.53. The van der Waals surface area contributed by atoms with Crippen molar-refractivity contribution in [2.45, 2.75) is 43.1 Å². The molecule has 0 aliphatic carbocycles. The predicted octanol–water partition coefficient (Wildman–Crippen LogP) is -1.10. The molecule has 2 rings (SSSR count). The minimum absolute atomic E-state index is 0.0696. The predicted molar refractivity (Wildman–Crippen MR) is 64.9 cm³/mol. The summed E-state index contributed by atoms with van der Waals surface area (Å²) in [6.07, 6.45) is -2.08. The summed E-state index contributed by atoms with van der Waals surface area (Å²) in [5.41, 5.74) is -0.254. The lowest BCUT2D eigenvalue weighted by Gasteiger charge is -2.38. The molecule has 0 aromatic heterocycles. The molecule has 98 valence electrons. The van der Waals surface area contributed by atoms with Gasteiger partial charge >= 0.3 is 0 Å². The van der Waals surface area contributed by atoms with Gasteiger partial charge in [-0.1, -0.05) is 11.8 Å². The number of amidine groups is 1. The Bertz CT molecular complexity index is 302. The van der Waals surface area contributed by atoms with Gasteiger partial charge in [-0.15, -0.1) is 0 Å². The van der Waals surface area contributed by atoms with Crippen molar-refractivity contribution in [1.29, 1.82) is 0 Å². The molecule has 5 atom stereocenters. The Morgan fingerprint density at radius 3 is 2.82 bits per heavy atom. The zero-order chi connectivity index (χ0) is 12.4. The quantitative estimate of drug-likeness (QED) is 0.516. The number of hydrogen-bond acceptors (Lipinski definition) is 6. The summed E-state index contributed by atoms with van der Waals surface area (Å²) < 4.78 is 5.66. The van der Waals surface area contributed by atoms with Gasteiger partial charge in [-0.05, 0) is 13.3 Å². The molecule has 6 nitrogen and oxygen atoms in total. The lowest BCUT2D eigenvalue weighted by atomic mass is 9.96. The van der Waals surface area contributed by atoms with E-state index in [1.165, 1.54) is 11.8 Å². The van der Waals surface area contributed by atoms with Crippen molar-refractivity contribution < 1.29 is 20.1 Å². The molecular formula is C10H18N2O4S. The van der Waals surface area contributed by atoms with E-state index in [9.17, 15) is 10.2 Å². The molecule has 4 N–H and O–H groups in total. The van der Waals surface area contributed by atoms with Gasteiger partial charge in [0.1, 0.15) is 17.6 Å². The molecule has 0 saturated carbocycles. The molecule has 0 aromatic rings. The minimum atomic E-state index is -0.975. The van der Waals surface area contributed by atoms with Gasteiger partial charge < -0.3 is 25.4 Å². The SMILES string of the molecule is CCN=C1N[C@@H]2C(O)C(O)C(CCO)O[C@@H]2S1. The summed E-state index contributed by atoms with van der Waals surface area (Å²) in [7, 11) is 0. The van der Waals surface area contributed by atoms with Crippen molar-refractivity contribution in [3.63, 3.8) is 0 Å². The van der Waals surface area contributed by atoms with Crippen molar-refractivity contribution >= 4 is 16.9 Å². The summed E-state index contributed by atoms with van der Waals surface area (Å²) in [6, 6.07) is -0.338. The minimum Gasteiger partial charge on any atom is -0.396 e. The number of fused-ring (bicyclic) bond motifs is 1. The van der Waals surface area contributed by atoms with E-state index in [4.69, 9.17) is 9.84 Å². The van der Waals surface area contributed by atoms with E-state index < -0.39 is 18.3 Å². The number of nitrogens with one attached hydrogen (secondary N) is 1. The van der Waals surface area contributed by atoms with E-state index in [1.807, 2.05) is 6.92 Å². The molecule has 17 heavy (non-hydrogen) atoms. The van der Waals surface area contributed by atoms with Crippen molar-refractivity contribution in [3.05, 3.63) is 0 Å². The lowest BCUT2D eigenvalue weighted by Crippen LogP contribution is -2.58. The first-order valence-electron chi connectivity index (χ1n) is 5.77. The molecular weight excluding hydrogens is 244 g/mol. The van der Waals surface area contributed by atoms with Crippen LogP contribution in [0.3, 0.4) is 0 Å². The number of aliphatic hydroxyl groups excluding tert-OH is 3. The summed E-state index contributed by atoms with van der Waals surface area (Å²) in [5.74, 6) is 0. The van der Waals surface area contributed by atoms with Crippen LogP contribution in [0.5, 0.6) is 0 Å². The van der Waals surface area contributed by atoms with Crippen LogP contribution in [0.2, 0.25) is 0 Å². The fraction of sp³-hybridized carbons (Fsp3) is 0.900. The lowest BCUT2D eigenvalue weighted by molar-refractivity contribution is -0.160. The number of ether oxygens (including phenoxy) is 1. The third kappa shape index (κ3) is 2.58. The standard InChI is InChI=1S/C10H18N2O4S/c1-2-11-10-12-6-8(15)7(14)5(3-4-13)16-9(6)17-10/h5-9,13-15H,2-4H2,1H3,(H,11,12)/t5?,6-,7?,8?,9-/m1/s1. The first kappa shape index (κ1) is 13.1. The number of aliphatic hydroxyl groups is 3. The van der Waals surface area contributed by atoms with E-state index in [2.05, 4.69) is 10.3 Å². The van der Waals surface area contributed by atoms with Crippen LogP contribution in [0.25, 0.3) is 0 Å². The largest absolute Gasteiger partial charge is 0.396 e. The molecule has 0 bridgehead atoms. The van der Waals surface area contributed by atoms with E-state index in [1.54, 1.807) is 0 Å². The van der Waals surface area contributed by atoms with Crippen LogP contribution in [0.1, 0.15) is 13.3 Å². The van der Waals surface area contributed by atoms with Crippen LogP contribution < -0.4 is 5.32 Å². The Balaban J connectivity index is 2.06. The van der Waals surface area contributed by atoms with Gasteiger partial charge in [0.15, 0.2) is 5.17 Å². The zero-order valence-electron chi connectivity index (χ0n) is 9.61. The summed E-state index contributed by atoms with van der Waals surface area (Å²) >= 11 is 1.42. The smallest absolute Gasteiger partial charge is 0.159 e. The van der Waals surface area contributed by atoms with E-state index in [0.717, 1.165) is 5.17 Å². The number of hydrogen-bond donors (Lipinski definition) is 4. The Kier molecular flexibility index (Phi) is 4.26. The molecule has 2 fully saturated rings. The zero-order valence-corrected chi connectivity index (χ0v) is 10.4. The fourth-order valence-electron chi connectivity index (χ4n) is 2.06. The van der Waals surface area contributed by atoms with Crippen molar-refractivity contribution in [3.8, 4) is 0 Å². The second-order valence-electron chi connectivity index (χ2n) is 4.10. The van der Waals surface area contributed by atoms with Gasteiger partial charge in [-0.2, -0.15) is 0 Å². The molecule has 2 heterocycles. The van der Waals surface area contributed by atoms with Gasteiger partial charge in [0.2, 0.25) is 0 Å². The maximum Gasteiger partial charge on any atom is 0.159 e. The topological polar surface area (TPSA) is 94.3 Å². The Morgan fingerprint density at radius 2 is 2.18 bits per heavy atom. The van der Waals surface area contributed by atoms with Crippen molar-refractivity contribution in [2.75, 3.05) is 13.2 Å². The Labute approximate surface area is 104 Å². The van der Waals surface area contributed by atoms with Crippen LogP contribution in [0, 0.1) is 0 Å². The van der Waals surface area contributed by atoms with E-state index in [-0.39, 0.29) is 18.1 Å². The molecule has 3 unspecified atom stereocenters. The number of aliphatic imine (C=N–C) groups is 1. The summed E-state index contributed by atoms with van der Waals surface area (Å²) in [6.45, 7) is 2.52. The summed E-state index contributed by atoms with van der Waals surface area (Å²) in [5, 5.41) is 32.5. The normalized spacial score (nSPS) is 43.5. The third-order valence-electron chi connectivity index (χ3n) is 2.93. The Morgan fingerprint density at radius 1 is 1.41 bits per heavy atom. The first-order valence-corrected chi connectivity index (χ1v) is 6.65. The highest BCUT2D eigenvalue weighted by Gasteiger charge is 2.48. The average molecular weight is 262 g/mol. The highest BCUT2D eigenvalue weighted by Crippen LogP contribution is 2.34. The molecule has 7 heteroatoms. The molecule has 0 radical (unpaired) electrons. The maximum absolute atomic E-state index is 9.99. The Hall–Kier alpha value is -0.340. The van der Waals surface area contributed by atoms with Crippen LogP contribution in [0.15, 0.2) is 4.99 Å². The van der Waals surface area contributed by atoms with Crippen LogP contribution >= 0.6 is 11.8 Å². The number of rotatable bonds is 3. The number of nitrogens with zero attached hydrogens (tertiary/aromatic N) is 1. The molecule has 2 saturated heterocycles.